The van der Waals surface area contributed by atoms with Crippen LogP contribution in [-0.2, 0) is 16.6 Å². The highest BCUT2D eigenvalue weighted by atomic mass is 32.2. The van der Waals surface area contributed by atoms with E-state index in [9.17, 15) is 8.42 Å². The van der Waals surface area contributed by atoms with Crippen molar-refractivity contribution in [3.63, 3.8) is 0 Å². The van der Waals surface area contributed by atoms with Crippen LogP contribution in [0.2, 0.25) is 0 Å². The lowest BCUT2D eigenvalue weighted by atomic mass is 10.2. The molecule has 96 valence electrons. The van der Waals surface area contributed by atoms with E-state index >= 15 is 0 Å². The van der Waals surface area contributed by atoms with Gasteiger partial charge in [-0.15, -0.1) is 0 Å². The van der Waals surface area contributed by atoms with Gasteiger partial charge < -0.3 is 15.6 Å². The Hall–Kier alpha value is -2.06. The van der Waals surface area contributed by atoms with Crippen LogP contribution in [0.3, 0.4) is 0 Å². The van der Waals surface area contributed by atoms with Crippen LogP contribution in [0, 0.1) is 0 Å². The zero-order chi connectivity index (χ0) is 13.2. The van der Waals surface area contributed by atoms with Gasteiger partial charge >= 0.3 is 0 Å². The van der Waals surface area contributed by atoms with Crippen LogP contribution in [-0.4, -0.2) is 13.6 Å². The number of anilines is 2. The number of nitrogens with two attached hydrogens (primary N) is 2. The lowest BCUT2D eigenvalue weighted by Gasteiger charge is -2.09. The van der Waals surface area contributed by atoms with Crippen LogP contribution in [0.1, 0.15) is 5.69 Å². The molecule has 0 amide bonds. The number of sulfonamides is 1. The van der Waals surface area contributed by atoms with Crippen LogP contribution in [0.4, 0.5) is 11.4 Å². The summed E-state index contributed by atoms with van der Waals surface area (Å²) in [5.41, 5.74) is 7.31. The molecule has 0 spiro atoms. The summed E-state index contributed by atoms with van der Waals surface area (Å²) in [6.07, 6.45) is 1.45. The average Bonchev–Trinajstić information content (AvgIpc) is 2.79. The molecule has 18 heavy (non-hydrogen) atoms. The number of rotatable bonds is 4. The van der Waals surface area contributed by atoms with Crippen LogP contribution >= 0.6 is 0 Å². The van der Waals surface area contributed by atoms with E-state index in [0.717, 1.165) is 0 Å². The molecule has 2 rings (SSSR count). The van der Waals surface area contributed by atoms with Crippen molar-refractivity contribution < 1.29 is 12.9 Å². The molecule has 0 unspecified atom stereocenters. The maximum absolute atomic E-state index is 11.2. The van der Waals surface area contributed by atoms with Crippen LogP contribution in [0.15, 0.2) is 39.9 Å². The number of nitrogens with zero attached hydrogens (tertiary/aromatic N) is 1. The summed E-state index contributed by atoms with van der Waals surface area (Å²) in [6, 6.07) is 5.90. The van der Waals surface area contributed by atoms with E-state index in [1.54, 1.807) is 6.07 Å². The molecule has 0 bridgehead atoms. The summed E-state index contributed by atoms with van der Waals surface area (Å²) in [4.78, 5) is -0.000599. The first-order valence-electron chi connectivity index (χ1n) is 5.02. The first-order valence-corrected chi connectivity index (χ1v) is 6.57. The van der Waals surface area contributed by atoms with Crippen LogP contribution < -0.4 is 16.2 Å². The number of nitrogens with one attached hydrogen (secondary N) is 1. The molecule has 0 aliphatic rings. The first kappa shape index (κ1) is 12.4. The fourth-order valence-corrected chi connectivity index (χ4v) is 1.92. The Bertz CT molecular complexity index is 637. The van der Waals surface area contributed by atoms with Gasteiger partial charge in [-0.3, -0.25) is 0 Å². The molecule has 1 aromatic heterocycles. The summed E-state index contributed by atoms with van der Waals surface area (Å²) in [5, 5.41) is 11.7. The Balaban J connectivity index is 2.22. The predicted octanol–water partition coefficient (Wildman–Crippen LogP) is 0.516. The molecule has 1 heterocycles. The van der Waals surface area contributed by atoms with Gasteiger partial charge in [0.05, 0.1) is 22.8 Å². The molecule has 0 fully saturated rings. The molecule has 5 N–H and O–H groups in total. The monoisotopic (exact) mass is 268 g/mol. The molecule has 7 nitrogen and oxygen atoms in total. The minimum absolute atomic E-state index is 0.000599. The van der Waals surface area contributed by atoms with Crippen molar-refractivity contribution in [2.24, 2.45) is 5.14 Å². The molecular weight excluding hydrogens is 256 g/mol. The fourth-order valence-electron chi connectivity index (χ4n) is 1.38. The van der Waals surface area contributed by atoms with Crippen molar-refractivity contribution >= 4 is 21.4 Å². The summed E-state index contributed by atoms with van der Waals surface area (Å²) < 4.78 is 27.1. The zero-order valence-corrected chi connectivity index (χ0v) is 10.1. The van der Waals surface area contributed by atoms with E-state index in [0.29, 0.717) is 23.6 Å². The largest absolute Gasteiger partial charge is 0.397 e. The number of primary sulfonamides is 1. The van der Waals surface area contributed by atoms with Gasteiger partial charge in [0.15, 0.2) is 0 Å². The van der Waals surface area contributed by atoms with Crippen molar-refractivity contribution in [1.29, 1.82) is 0 Å². The van der Waals surface area contributed by atoms with E-state index in [1.807, 2.05) is 0 Å². The van der Waals surface area contributed by atoms with Gasteiger partial charge in [-0.05, 0) is 18.2 Å². The van der Waals surface area contributed by atoms with E-state index in [-0.39, 0.29) is 4.90 Å². The molecule has 0 atom stereocenters. The van der Waals surface area contributed by atoms with Crippen molar-refractivity contribution in [2.75, 3.05) is 11.1 Å². The lowest BCUT2D eigenvalue weighted by molar-refractivity contribution is 0.412. The van der Waals surface area contributed by atoms with Gasteiger partial charge in [-0.25, -0.2) is 13.6 Å². The topological polar surface area (TPSA) is 124 Å². The van der Waals surface area contributed by atoms with Crippen molar-refractivity contribution in [2.45, 2.75) is 11.4 Å². The van der Waals surface area contributed by atoms with Gasteiger partial charge in [-0.2, -0.15) is 0 Å². The van der Waals surface area contributed by atoms with E-state index in [1.165, 1.54) is 24.5 Å². The summed E-state index contributed by atoms with van der Waals surface area (Å²) in [7, 11) is -3.74. The molecule has 0 radical (unpaired) electrons. The Morgan fingerprint density at radius 3 is 2.72 bits per heavy atom. The third-order valence-corrected chi connectivity index (χ3v) is 3.22. The molecule has 0 saturated carbocycles. The number of aromatic nitrogens is 1. The van der Waals surface area contributed by atoms with Crippen LogP contribution in [0.5, 0.6) is 0 Å². The first-order chi connectivity index (χ1) is 8.47. The third kappa shape index (κ3) is 2.79. The number of nitrogen functional groups attached to an aromatic ring is 1. The lowest BCUT2D eigenvalue weighted by Crippen LogP contribution is -2.13. The van der Waals surface area contributed by atoms with Gasteiger partial charge in [0.1, 0.15) is 12.0 Å². The quantitative estimate of drug-likeness (QED) is 0.694. The van der Waals surface area contributed by atoms with E-state index in [2.05, 4.69) is 15.0 Å². The Morgan fingerprint density at radius 1 is 1.33 bits per heavy atom. The highest BCUT2D eigenvalue weighted by Crippen LogP contribution is 2.22. The summed E-state index contributed by atoms with van der Waals surface area (Å²) in [5.74, 6) is 0. The SMILES string of the molecule is Nc1ccc(S(N)(=O)=O)cc1NCc1ccon1. The second-order valence-corrected chi connectivity index (χ2v) is 5.20. The highest BCUT2D eigenvalue weighted by Gasteiger charge is 2.10. The van der Waals surface area contributed by atoms with E-state index < -0.39 is 10.0 Å². The molecule has 2 aromatic rings. The normalized spacial score (nSPS) is 11.4. The Morgan fingerprint density at radius 2 is 2.11 bits per heavy atom. The maximum atomic E-state index is 11.2. The molecule has 0 aliphatic heterocycles. The fraction of sp³-hybridized carbons (Fsp3) is 0.100. The minimum atomic E-state index is -3.74. The number of benzene rings is 1. The number of hydrogen-bond donors (Lipinski definition) is 3. The van der Waals surface area contributed by atoms with Crippen LogP contribution in [0.25, 0.3) is 0 Å². The molecule has 1 aromatic carbocycles. The molecular formula is C10H12N4O3S. The van der Waals surface area contributed by atoms with Crippen molar-refractivity contribution in [1.82, 2.24) is 5.16 Å². The van der Waals surface area contributed by atoms with E-state index in [4.69, 9.17) is 10.9 Å². The number of hydrogen-bond acceptors (Lipinski definition) is 6. The van der Waals surface area contributed by atoms with Crippen molar-refractivity contribution in [3.05, 3.63) is 36.2 Å². The zero-order valence-electron chi connectivity index (χ0n) is 9.33. The average molecular weight is 268 g/mol. The maximum Gasteiger partial charge on any atom is 0.238 e. The Labute approximate surface area is 104 Å². The smallest absolute Gasteiger partial charge is 0.238 e. The second-order valence-electron chi connectivity index (χ2n) is 3.64. The summed E-state index contributed by atoms with van der Waals surface area (Å²) in [6.45, 7) is 0.370. The van der Waals surface area contributed by atoms with Gasteiger partial charge in [-0.1, -0.05) is 5.16 Å². The highest BCUT2D eigenvalue weighted by molar-refractivity contribution is 7.89. The van der Waals surface area contributed by atoms with Gasteiger partial charge in [0.2, 0.25) is 10.0 Å². The second kappa shape index (κ2) is 4.67. The van der Waals surface area contributed by atoms with Gasteiger partial charge in [0.25, 0.3) is 0 Å². The standard InChI is InChI=1S/C10H12N4O3S/c11-9-2-1-8(18(12,15)16)5-10(9)13-6-7-3-4-17-14-7/h1-5,13H,6,11H2,(H2,12,15,16). The minimum Gasteiger partial charge on any atom is -0.397 e. The predicted molar refractivity (Wildman–Crippen MR) is 66.1 cm³/mol. The summed E-state index contributed by atoms with van der Waals surface area (Å²) >= 11 is 0. The molecule has 0 saturated heterocycles. The Kier molecular flexibility index (Phi) is 3.21. The third-order valence-electron chi connectivity index (χ3n) is 2.30. The molecule has 8 heteroatoms. The molecule has 0 aliphatic carbocycles. The van der Waals surface area contributed by atoms with Crippen molar-refractivity contribution in [3.8, 4) is 0 Å². The van der Waals surface area contributed by atoms with Gasteiger partial charge in [0, 0.05) is 6.07 Å².